The molecule has 0 radical (unpaired) electrons. The van der Waals surface area contributed by atoms with E-state index in [9.17, 15) is 4.79 Å². The van der Waals surface area contributed by atoms with Crippen LogP contribution >= 0.6 is 23.8 Å². The van der Waals surface area contributed by atoms with Gasteiger partial charge in [-0.3, -0.25) is 10.1 Å². The molecule has 0 aliphatic carbocycles. The molecule has 0 aromatic heterocycles. The molecule has 2 aromatic rings. The van der Waals surface area contributed by atoms with Gasteiger partial charge in [0.1, 0.15) is 17.2 Å². The summed E-state index contributed by atoms with van der Waals surface area (Å²) in [5.41, 5.74) is 2.52. The monoisotopic (exact) mass is 408 g/mol. The van der Waals surface area contributed by atoms with Crippen molar-refractivity contribution in [2.45, 2.75) is 13.8 Å². The van der Waals surface area contributed by atoms with E-state index < -0.39 is 0 Å². The Morgan fingerprint density at radius 1 is 1.07 bits per heavy atom. The Bertz CT molecular complexity index is 858. The molecule has 2 rings (SSSR count). The van der Waals surface area contributed by atoms with Crippen LogP contribution in [-0.2, 0) is 4.79 Å². The van der Waals surface area contributed by atoms with Gasteiger partial charge in [0, 0.05) is 12.1 Å². The normalized spacial score (nSPS) is 10.1. The number of hydrogen-bond acceptors (Lipinski definition) is 5. The average Bonchev–Trinajstić information content (AvgIpc) is 2.63. The van der Waals surface area contributed by atoms with Crippen LogP contribution in [-0.4, -0.2) is 31.8 Å². The second kappa shape index (κ2) is 9.43. The van der Waals surface area contributed by atoms with Crippen molar-refractivity contribution in [2.24, 2.45) is 0 Å². The summed E-state index contributed by atoms with van der Waals surface area (Å²) in [6, 6.07) is 9.02. The van der Waals surface area contributed by atoms with Crippen molar-refractivity contribution >= 4 is 40.5 Å². The van der Waals surface area contributed by atoms with Crippen LogP contribution in [0.1, 0.15) is 11.1 Å². The highest BCUT2D eigenvalue weighted by Crippen LogP contribution is 2.35. The highest BCUT2D eigenvalue weighted by Gasteiger charge is 2.13. The summed E-state index contributed by atoms with van der Waals surface area (Å²) < 4.78 is 16.0. The van der Waals surface area contributed by atoms with Crippen molar-refractivity contribution in [2.75, 3.05) is 26.1 Å². The number of nitrogens with one attached hydrogen (secondary N) is 2. The lowest BCUT2D eigenvalue weighted by atomic mass is 10.1. The largest absolute Gasteiger partial charge is 0.495 e. The number of halogens is 1. The minimum Gasteiger partial charge on any atom is -0.495 e. The molecule has 0 saturated heterocycles. The summed E-state index contributed by atoms with van der Waals surface area (Å²) in [7, 11) is 3.01. The first-order valence-corrected chi connectivity index (χ1v) is 8.85. The van der Waals surface area contributed by atoms with E-state index in [0.717, 1.165) is 11.1 Å². The van der Waals surface area contributed by atoms with Gasteiger partial charge in [-0.15, -0.1) is 0 Å². The molecule has 27 heavy (non-hydrogen) atoms. The first kappa shape index (κ1) is 20.8. The lowest BCUT2D eigenvalue weighted by molar-refractivity contribution is -0.121. The average molecular weight is 409 g/mol. The Morgan fingerprint density at radius 3 is 2.44 bits per heavy atom. The molecule has 0 aliphatic rings. The molecule has 6 nitrogen and oxygen atoms in total. The van der Waals surface area contributed by atoms with Crippen LogP contribution < -0.4 is 24.8 Å². The van der Waals surface area contributed by atoms with Crippen molar-refractivity contribution in [3.05, 3.63) is 46.5 Å². The lowest BCUT2D eigenvalue weighted by Crippen LogP contribution is -2.37. The molecule has 0 bridgehead atoms. The zero-order valence-corrected chi connectivity index (χ0v) is 17.1. The number of ether oxygens (including phenoxy) is 3. The van der Waals surface area contributed by atoms with Gasteiger partial charge in [0.15, 0.2) is 11.7 Å². The predicted molar refractivity (Wildman–Crippen MR) is 110 cm³/mol. The molecular weight excluding hydrogens is 388 g/mol. The number of methoxy groups -OCH3 is 2. The Labute approximate surface area is 168 Å². The van der Waals surface area contributed by atoms with Gasteiger partial charge in [-0.1, -0.05) is 23.7 Å². The van der Waals surface area contributed by atoms with Gasteiger partial charge in [0.25, 0.3) is 5.91 Å². The highest BCUT2D eigenvalue weighted by molar-refractivity contribution is 7.80. The summed E-state index contributed by atoms with van der Waals surface area (Å²) >= 11 is 11.3. The van der Waals surface area contributed by atoms with Gasteiger partial charge in [-0.2, -0.15) is 0 Å². The Balaban J connectivity index is 1.97. The Hall–Kier alpha value is -2.51. The SMILES string of the molecule is COc1cc(NC(=S)NC(=O)COc2cc(C)ccc2C)c(OC)cc1Cl. The third-order valence-electron chi connectivity index (χ3n) is 3.68. The van der Waals surface area contributed by atoms with Crippen molar-refractivity contribution in [3.8, 4) is 17.2 Å². The first-order chi connectivity index (χ1) is 12.8. The quantitative estimate of drug-likeness (QED) is 0.707. The number of rotatable bonds is 6. The number of amides is 1. The number of aryl methyl sites for hydroxylation is 2. The summed E-state index contributed by atoms with van der Waals surface area (Å²) in [6.45, 7) is 3.71. The molecule has 1 amide bonds. The number of thiocarbonyl (C=S) groups is 1. The van der Waals surface area contributed by atoms with Gasteiger partial charge < -0.3 is 19.5 Å². The second-order valence-electron chi connectivity index (χ2n) is 5.75. The molecule has 2 aromatic carbocycles. The molecule has 0 fully saturated rings. The molecule has 0 spiro atoms. The zero-order chi connectivity index (χ0) is 20.0. The Kier molecular flexibility index (Phi) is 7.27. The molecule has 144 valence electrons. The molecule has 0 atom stereocenters. The summed E-state index contributed by atoms with van der Waals surface area (Å²) in [6.07, 6.45) is 0. The molecule has 0 unspecified atom stereocenters. The third-order valence-corrected chi connectivity index (χ3v) is 4.18. The van der Waals surface area contributed by atoms with Crippen LogP contribution in [0.4, 0.5) is 5.69 Å². The number of carbonyl (C=O) groups is 1. The predicted octanol–water partition coefficient (Wildman–Crippen LogP) is 3.87. The van der Waals surface area contributed by atoms with E-state index >= 15 is 0 Å². The number of anilines is 1. The summed E-state index contributed by atoms with van der Waals surface area (Å²) in [5, 5.41) is 5.96. The van der Waals surface area contributed by atoms with Crippen molar-refractivity contribution in [1.29, 1.82) is 0 Å². The number of benzene rings is 2. The van der Waals surface area contributed by atoms with Gasteiger partial charge in [-0.05, 0) is 43.3 Å². The fourth-order valence-corrected chi connectivity index (χ4v) is 2.74. The standard InChI is InChI=1S/C19H21ClN2O4S/c1-11-5-6-12(2)15(7-11)26-10-18(23)22-19(27)21-14-9-16(24-3)13(20)8-17(14)25-4/h5-9H,10H2,1-4H3,(H2,21,22,23,27). The number of hydrogen-bond donors (Lipinski definition) is 2. The van der Waals surface area contributed by atoms with Gasteiger partial charge in [-0.25, -0.2) is 0 Å². The van der Waals surface area contributed by atoms with Crippen molar-refractivity contribution < 1.29 is 19.0 Å². The fraction of sp³-hybridized carbons (Fsp3) is 0.263. The molecule has 8 heteroatoms. The minimum atomic E-state index is -0.381. The van der Waals surface area contributed by atoms with E-state index in [1.807, 2.05) is 32.0 Å². The smallest absolute Gasteiger partial charge is 0.264 e. The molecule has 0 aliphatic heterocycles. The van der Waals surface area contributed by atoms with Crippen molar-refractivity contribution in [1.82, 2.24) is 5.32 Å². The Morgan fingerprint density at radius 2 is 1.78 bits per heavy atom. The minimum absolute atomic E-state index is 0.104. The van der Waals surface area contributed by atoms with Gasteiger partial charge in [0.05, 0.1) is 24.9 Å². The van der Waals surface area contributed by atoms with E-state index in [-0.39, 0.29) is 17.6 Å². The van der Waals surface area contributed by atoms with E-state index in [1.54, 1.807) is 12.1 Å². The zero-order valence-electron chi connectivity index (χ0n) is 15.5. The second-order valence-corrected chi connectivity index (χ2v) is 6.56. The van der Waals surface area contributed by atoms with Crippen LogP contribution in [0.2, 0.25) is 5.02 Å². The maximum Gasteiger partial charge on any atom is 0.264 e. The van der Waals surface area contributed by atoms with E-state index in [4.69, 9.17) is 38.0 Å². The van der Waals surface area contributed by atoms with Crippen LogP contribution in [0.15, 0.2) is 30.3 Å². The van der Waals surface area contributed by atoms with Crippen LogP contribution in [0.3, 0.4) is 0 Å². The molecule has 0 saturated carbocycles. The number of carbonyl (C=O) groups excluding carboxylic acids is 1. The lowest BCUT2D eigenvalue weighted by Gasteiger charge is -2.15. The fourth-order valence-electron chi connectivity index (χ4n) is 2.28. The van der Waals surface area contributed by atoms with Gasteiger partial charge in [0.2, 0.25) is 0 Å². The third kappa shape index (κ3) is 5.74. The highest BCUT2D eigenvalue weighted by atomic mass is 35.5. The molecule has 0 heterocycles. The maximum absolute atomic E-state index is 12.1. The molecular formula is C19H21ClN2O4S. The van der Waals surface area contributed by atoms with E-state index in [2.05, 4.69) is 10.6 Å². The summed E-state index contributed by atoms with van der Waals surface area (Å²) in [4.78, 5) is 12.1. The summed E-state index contributed by atoms with van der Waals surface area (Å²) in [5.74, 6) is 1.19. The van der Waals surface area contributed by atoms with Crippen molar-refractivity contribution in [3.63, 3.8) is 0 Å². The van der Waals surface area contributed by atoms with Crippen LogP contribution in [0.25, 0.3) is 0 Å². The van der Waals surface area contributed by atoms with Gasteiger partial charge >= 0.3 is 0 Å². The molecule has 2 N–H and O–H groups in total. The first-order valence-electron chi connectivity index (χ1n) is 8.06. The van der Waals surface area contributed by atoms with E-state index in [1.165, 1.54) is 14.2 Å². The van der Waals surface area contributed by atoms with Crippen LogP contribution in [0, 0.1) is 13.8 Å². The maximum atomic E-state index is 12.1. The topological polar surface area (TPSA) is 68.8 Å². The van der Waals surface area contributed by atoms with E-state index in [0.29, 0.717) is 28.0 Å². The van der Waals surface area contributed by atoms with Crippen LogP contribution in [0.5, 0.6) is 17.2 Å².